The number of carbonyl (C=O) groups is 4. The first-order valence-electron chi connectivity index (χ1n) is 14.3. The minimum Gasteiger partial charge on any atom is -0.322 e. The molecule has 0 radical (unpaired) electrons. The van der Waals surface area contributed by atoms with Gasteiger partial charge in [-0.1, -0.05) is 30.3 Å². The molecule has 1 aromatic heterocycles. The van der Waals surface area contributed by atoms with Crippen molar-refractivity contribution in [2.24, 2.45) is 0 Å². The summed E-state index contributed by atoms with van der Waals surface area (Å²) in [4.78, 5) is 60.3. The Bertz CT molecular complexity index is 1560. The molecule has 4 amide bonds. The highest BCUT2D eigenvalue weighted by Crippen LogP contribution is 2.35. The van der Waals surface area contributed by atoms with Crippen LogP contribution in [0.15, 0.2) is 60.8 Å². The zero-order valence-electron chi connectivity index (χ0n) is 22.7. The van der Waals surface area contributed by atoms with Crippen LogP contribution in [-0.2, 0) is 29.2 Å². The van der Waals surface area contributed by atoms with Crippen LogP contribution in [0.1, 0.15) is 74.6 Å². The van der Waals surface area contributed by atoms with E-state index in [2.05, 4.69) is 33.4 Å². The number of piperidine rings is 2. The second-order valence-corrected chi connectivity index (χ2v) is 11.4. The lowest BCUT2D eigenvalue weighted by atomic mass is 9.87. The zero-order chi connectivity index (χ0) is 28.1. The summed E-state index contributed by atoms with van der Waals surface area (Å²) in [6.07, 6.45) is 4.36. The number of carbonyl (C=O) groups excluding carboxylic acids is 4. The van der Waals surface area contributed by atoms with Crippen LogP contribution in [0.2, 0.25) is 0 Å². The molecular weight excluding hydrogens is 518 g/mol. The third kappa shape index (κ3) is 4.60. The fourth-order valence-electron chi connectivity index (χ4n) is 6.76. The number of hydrogen-bond acceptors (Lipinski definition) is 6. The Morgan fingerprint density at radius 3 is 2.49 bits per heavy atom. The number of imide groups is 1. The molecule has 5 heterocycles. The number of nitrogens with zero attached hydrogens (tertiary/aromatic N) is 4. The van der Waals surface area contributed by atoms with Crippen LogP contribution in [0.4, 0.5) is 5.82 Å². The number of rotatable bonds is 5. The molecule has 0 saturated carbocycles. The largest absolute Gasteiger partial charge is 0.322 e. The van der Waals surface area contributed by atoms with Gasteiger partial charge < -0.3 is 4.90 Å². The van der Waals surface area contributed by atoms with Gasteiger partial charge in [0.1, 0.15) is 11.9 Å². The highest BCUT2D eigenvalue weighted by Gasteiger charge is 2.39. The van der Waals surface area contributed by atoms with Crippen molar-refractivity contribution in [2.45, 2.75) is 57.3 Å². The van der Waals surface area contributed by atoms with Gasteiger partial charge >= 0.3 is 0 Å². The van der Waals surface area contributed by atoms with Crippen molar-refractivity contribution in [1.29, 1.82) is 0 Å². The lowest BCUT2D eigenvalue weighted by Gasteiger charge is -2.32. The molecule has 0 bridgehead atoms. The lowest BCUT2D eigenvalue weighted by molar-refractivity contribution is -0.136. The summed E-state index contributed by atoms with van der Waals surface area (Å²) in [5, 5.41) is 2.37. The summed E-state index contributed by atoms with van der Waals surface area (Å²) in [5.41, 5.74) is 5.90. The van der Waals surface area contributed by atoms with E-state index in [1.807, 2.05) is 36.4 Å². The van der Waals surface area contributed by atoms with Gasteiger partial charge in [-0.15, -0.1) is 0 Å². The second kappa shape index (κ2) is 10.2. The normalized spacial score (nSPS) is 21.3. The van der Waals surface area contributed by atoms with Crippen molar-refractivity contribution in [3.05, 3.63) is 94.2 Å². The van der Waals surface area contributed by atoms with Crippen LogP contribution in [0, 0.1) is 0 Å². The summed E-state index contributed by atoms with van der Waals surface area (Å²) < 4.78 is 0. The van der Waals surface area contributed by atoms with E-state index in [0.717, 1.165) is 49.2 Å². The Hall–Kier alpha value is -4.37. The van der Waals surface area contributed by atoms with Gasteiger partial charge in [0.2, 0.25) is 11.8 Å². The standard InChI is InChI=1S/C32H31N5O4/c38-29-10-9-27(30(39)34-29)36-18-23-16-21(7-8-24(23)31(36)40)20-11-14-35(15-12-20)17-22-4-3-5-25-26(22)19-37(32(25)41)28-6-1-2-13-33-28/h1-8,13,16,20,27H,9-12,14-15,17-19H2,(H,34,38,39). The highest BCUT2D eigenvalue weighted by molar-refractivity contribution is 6.09. The number of aromatic nitrogens is 1. The van der Waals surface area contributed by atoms with Gasteiger partial charge in [-0.3, -0.25) is 34.3 Å². The minimum atomic E-state index is -0.593. The number of benzene rings is 2. The molecule has 1 atom stereocenters. The van der Waals surface area contributed by atoms with Gasteiger partial charge in [-0.05, 0) is 84.8 Å². The SMILES string of the molecule is O=C1CCC(N2Cc3cc(C4CCN(Cc5cccc6c5CN(c5ccccn5)C6=O)CC4)ccc3C2=O)C(=O)N1. The van der Waals surface area contributed by atoms with E-state index in [1.165, 1.54) is 11.1 Å². The van der Waals surface area contributed by atoms with Gasteiger partial charge in [0.15, 0.2) is 0 Å². The van der Waals surface area contributed by atoms with E-state index < -0.39 is 6.04 Å². The molecule has 1 unspecified atom stereocenters. The van der Waals surface area contributed by atoms with E-state index in [9.17, 15) is 19.2 Å². The van der Waals surface area contributed by atoms with Crippen molar-refractivity contribution in [3.8, 4) is 0 Å². The summed E-state index contributed by atoms with van der Waals surface area (Å²) >= 11 is 0. The maximum atomic E-state index is 13.1. The molecule has 2 aromatic carbocycles. The summed E-state index contributed by atoms with van der Waals surface area (Å²) in [6, 6.07) is 17.2. The Kier molecular flexibility index (Phi) is 6.38. The maximum Gasteiger partial charge on any atom is 0.260 e. The molecule has 3 aromatic rings. The molecular formula is C32H31N5O4. The first-order chi connectivity index (χ1) is 20.0. The number of likely N-dealkylation sites (tertiary alicyclic amines) is 1. The van der Waals surface area contributed by atoms with Crippen molar-refractivity contribution < 1.29 is 19.2 Å². The number of nitrogens with one attached hydrogen (secondary N) is 1. The zero-order valence-corrected chi connectivity index (χ0v) is 22.7. The molecule has 208 valence electrons. The van der Waals surface area contributed by atoms with Crippen LogP contribution >= 0.6 is 0 Å². The Morgan fingerprint density at radius 1 is 0.854 bits per heavy atom. The third-order valence-electron chi connectivity index (χ3n) is 8.99. The summed E-state index contributed by atoms with van der Waals surface area (Å²) in [5.74, 6) is 0.293. The van der Waals surface area contributed by atoms with E-state index in [0.29, 0.717) is 36.8 Å². The molecule has 4 aliphatic rings. The van der Waals surface area contributed by atoms with E-state index in [-0.39, 0.29) is 30.0 Å². The summed E-state index contributed by atoms with van der Waals surface area (Å²) in [7, 11) is 0. The average molecular weight is 550 g/mol. The smallest absolute Gasteiger partial charge is 0.260 e. The second-order valence-electron chi connectivity index (χ2n) is 11.4. The Morgan fingerprint density at radius 2 is 1.71 bits per heavy atom. The van der Waals surface area contributed by atoms with E-state index >= 15 is 0 Å². The first-order valence-corrected chi connectivity index (χ1v) is 14.3. The van der Waals surface area contributed by atoms with Crippen LogP contribution in [-0.4, -0.2) is 57.5 Å². The van der Waals surface area contributed by atoms with E-state index in [1.54, 1.807) is 16.0 Å². The molecule has 7 rings (SSSR count). The molecule has 9 heteroatoms. The number of fused-ring (bicyclic) bond motifs is 2. The Labute approximate surface area is 238 Å². The maximum absolute atomic E-state index is 13.1. The van der Waals surface area contributed by atoms with Crippen molar-refractivity contribution in [3.63, 3.8) is 0 Å². The van der Waals surface area contributed by atoms with Gasteiger partial charge in [0, 0.05) is 36.8 Å². The number of amides is 4. The quantitative estimate of drug-likeness (QED) is 0.490. The molecule has 0 aliphatic carbocycles. The number of anilines is 1. The molecule has 2 fully saturated rings. The van der Waals surface area contributed by atoms with Gasteiger partial charge in [0.05, 0.1) is 6.54 Å². The predicted octanol–water partition coefficient (Wildman–Crippen LogP) is 3.38. The van der Waals surface area contributed by atoms with E-state index in [4.69, 9.17) is 0 Å². The lowest BCUT2D eigenvalue weighted by Crippen LogP contribution is -2.52. The van der Waals surface area contributed by atoms with Crippen molar-refractivity contribution in [2.75, 3.05) is 18.0 Å². The predicted molar refractivity (Wildman–Crippen MR) is 151 cm³/mol. The van der Waals surface area contributed by atoms with Crippen LogP contribution in [0.3, 0.4) is 0 Å². The first kappa shape index (κ1) is 25.6. The molecule has 9 nitrogen and oxygen atoms in total. The van der Waals surface area contributed by atoms with Gasteiger partial charge in [-0.2, -0.15) is 0 Å². The Balaban J connectivity index is 0.999. The number of hydrogen-bond donors (Lipinski definition) is 1. The van der Waals surface area contributed by atoms with Crippen LogP contribution in [0.25, 0.3) is 0 Å². The highest BCUT2D eigenvalue weighted by atomic mass is 16.2. The minimum absolute atomic E-state index is 0.00511. The van der Waals surface area contributed by atoms with Crippen LogP contribution in [0.5, 0.6) is 0 Å². The van der Waals surface area contributed by atoms with Gasteiger partial charge in [-0.25, -0.2) is 4.98 Å². The molecule has 1 N–H and O–H groups in total. The monoisotopic (exact) mass is 549 g/mol. The van der Waals surface area contributed by atoms with Crippen molar-refractivity contribution in [1.82, 2.24) is 20.1 Å². The fourth-order valence-corrected chi connectivity index (χ4v) is 6.76. The molecule has 41 heavy (non-hydrogen) atoms. The topological polar surface area (TPSA) is 103 Å². The fraction of sp³-hybridized carbons (Fsp3) is 0.344. The van der Waals surface area contributed by atoms with Crippen LogP contribution < -0.4 is 10.2 Å². The van der Waals surface area contributed by atoms with Crippen molar-refractivity contribution >= 4 is 29.4 Å². The van der Waals surface area contributed by atoms with Gasteiger partial charge in [0.25, 0.3) is 11.8 Å². The molecule has 0 spiro atoms. The molecule has 2 saturated heterocycles. The number of pyridine rings is 1. The average Bonchev–Trinajstić information content (AvgIpc) is 3.50. The third-order valence-corrected chi connectivity index (χ3v) is 8.99. The summed E-state index contributed by atoms with van der Waals surface area (Å²) in [6.45, 7) is 3.65. The molecule has 4 aliphatic heterocycles.